The molecule has 0 aliphatic carbocycles. The number of aryl methyl sites for hydroxylation is 1. The maximum absolute atomic E-state index is 12.2. The molecule has 0 atom stereocenters. The van der Waals surface area contributed by atoms with Crippen LogP contribution in [0.4, 0.5) is 5.69 Å². The van der Waals surface area contributed by atoms with Gasteiger partial charge in [0.2, 0.25) is 10.0 Å². The smallest absolute Gasteiger partial charge is 0.232 e. The van der Waals surface area contributed by atoms with Gasteiger partial charge in [-0.05, 0) is 48.9 Å². The zero-order valence-electron chi connectivity index (χ0n) is 17.5. The number of benzene rings is 2. The van der Waals surface area contributed by atoms with Crippen LogP contribution < -0.4 is 4.72 Å². The lowest BCUT2D eigenvalue weighted by atomic mass is 10.1. The van der Waals surface area contributed by atoms with Crippen molar-refractivity contribution >= 4 is 26.7 Å². The summed E-state index contributed by atoms with van der Waals surface area (Å²) >= 11 is 0. The van der Waals surface area contributed by atoms with E-state index >= 15 is 0 Å². The molecule has 3 aromatic heterocycles. The molecular weight excluding hydrogens is 426 g/mol. The monoisotopic (exact) mass is 447 g/mol. The Kier molecular flexibility index (Phi) is 4.78. The predicted molar refractivity (Wildman–Crippen MR) is 123 cm³/mol. The fourth-order valence-corrected chi connectivity index (χ4v) is 4.19. The van der Waals surface area contributed by atoms with E-state index < -0.39 is 10.0 Å². The molecule has 0 saturated carbocycles. The highest BCUT2D eigenvalue weighted by atomic mass is 32.2. The lowest BCUT2D eigenvalue weighted by molar-refractivity contribution is 0.602. The summed E-state index contributed by atoms with van der Waals surface area (Å²) < 4.78 is 32.4. The van der Waals surface area contributed by atoms with Crippen LogP contribution in [0.3, 0.4) is 0 Å². The maximum atomic E-state index is 12.2. The molecule has 0 aliphatic rings. The van der Waals surface area contributed by atoms with Crippen LogP contribution >= 0.6 is 0 Å². The van der Waals surface area contributed by atoms with Crippen molar-refractivity contribution in [1.29, 1.82) is 0 Å². The van der Waals surface area contributed by atoms with Crippen LogP contribution in [-0.2, 0) is 17.1 Å². The Morgan fingerprint density at radius 1 is 1.03 bits per heavy atom. The molecule has 5 aromatic rings. The fraction of sp³-hybridized carbons (Fsp3) is 0.136. The van der Waals surface area contributed by atoms with Crippen LogP contribution in [-0.4, -0.2) is 43.3 Å². The van der Waals surface area contributed by atoms with Crippen molar-refractivity contribution in [2.75, 3.05) is 10.5 Å². The van der Waals surface area contributed by atoms with Crippen LogP contribution in [0.15, 0.2) is 73.6 Å². The summed E-state index contributed by atoms with van der Waals surface area (Å²) in [6, 6.07) is 13.3. The van der Waals surface area contributed by atoms with Gasteiger partial charge in [-0.2, -0.15) is 10.2 Å². The molecule has 0 radical (unpaired) electrons. The van der Waals surface area contributed by atoms with E-state index in [4.69, 9.17) is 0 Å². The van der Waals surface area contributed by atoms with Gasteiger partial charge in [0.1, 0.15) is 6.33 Å². The third-order valence-corrected chi connectivity index (χ3v) is 6.50. The number of rotatable bonds is 6. The maximum Gasteiger partial charge on any atom is 0.232 e. The molecule has 0 bridgehead atoms. The molecule has 2 aromatic carbocycles. The summed E-state index contributed by atoms with van der Waals surface area (Å²) in [6.07, 6.45) is 8.99. The number of fused-ring (bicyclic) bond motifs is 1. The van der Waals surface area contributed by atoms with E-state index in [1.165, 1.54) is 0 Å². The van der Waals surface area contributed by atoms with Crippen molar-refractivity contribution in [1.82, 2.24) is 29.1 Å². The summed E-state index contributed by atoms with van der Waals surface area (Å²) in [5.41, 5.74) is 5.73. The SMILES string of the molecule is CCS(=O)(=O)Nc1cc(-n2cccn2)cc(-n2cnc3cc(-c4cnn(C)c4)ccc32)c1. The molecule has 1 N–H and O–H groups in total. The number of sulfonamides is 1. The van der Waals surface area contributed by atoms with E-state index in [-0.39, 0.29) is 5.75 Å². The van der Waals surface area contributed by atoms with Gasteiger partial charge < -0.3 is 0 Å². The first-order valence-electron chi connectivity index (χ1n) is 10.0. The Morgan fingerprint density at radius 3 is 2.59 bits per heavy atom. The third-order valence-electron chi connectivity index (χ3n) is 5.19. The lowest BCUT2D eigenvalue weighted by Crippen LogP contribution is -2.15. The minimum absolute atomic E-state index is 0.0144. The van der Waals surface area contributed by atoms with Crippen molar-refractivity contribution in [3.63, 3.8) is 0 Å². The Labute approximate surface area is 185 Å². The molecule has 0 aliphatic heterocycles. The van der Waals surface area contributed by atoms with Crippen molar-refractivity contribution in [3.8, 4) is 22.5 Å². The number of nitrogens with zero attached hydrogens (tertiary/aromatic N) is 6. The summed E-state index contributed by atoms with van der Waals surface area (Å²) in [4.78, 5) is 4.58. The molecule has 5 rings (SSSR count). The average Bonchev–Trinajstić information content (AvgIpc) is 3.53. The standard InChI is InChI=1S/C22H21N7O2S/c1-3-32(30,31)26-18-10-19(12-20(11-18)29-8-4-7-24-29)28-15-23-21-9-16(5-6-22(21)28)17-13-25-27(2)14-17/h4-15,26H,3H2,1-2H3. The first-order valence-corrected chi connectivity index (χ1v) is 11.7. The lowest BCUT2D eigenvalue weighted by Gasteiger charge is -2.13. The Hall–Kier alpha value is -3.92. The van der Waals surface area contributed by atoms with Crippen molar-refractivity contribution in [2.45, 2.75) is 6.92 Å². The van der Waals surface area contributed by atoms with E-state index in [1.807, 2.05) is 60.5 Å². The highest BCUT2D eigenvalue weighted by molar-refractivity contribution is 7.92. The van der Waals surface area contributed by atoms with Crippen molar-refractivity contribution in [3.05, 3.63) is 73.6 Å². The molecule has 0 amide bonds. The number of hydrogen-bond donors (Lipinski definition) is 1. The van der Waals surface area contributed by atoms with Gasteiger partial charge in [0.15, 0.2) is 0 Å². The van der Waals surface area contributed by atoms with Crippen LogP contribution in [0.5, 0.6) is 0 Å². The van der Waals surface area contributed by atoms with Crippen LogP contribution in [0.1, 0.15) is 6.92 Å². The molecule has 9 nitrogen and oxygen atoms in total. The van der Waals surface area contributed by atoms with Gasteiger partial charge in [0, 0.05) is 31.2 Å². The predicted octanol–water partition coefficient (Wildman–Crippen LogP) is 3.37. The molecule has 0 fully saturated rings. The minimum atomic E-state index is -3.43. The third kappa shape index (κ3) is 3.76. The highest BCUT2D eigenvalue weighted by Gasteiger charge is 2.13. The molecule has 0 saturated heterocycles. The molecule has 0 spiro atoms. The molecule has 3 heterocycles. The van der Waals surface area contributed by atoms with Gasteiger partial charge in [0.25, 0.3) is 0 Å². The second-order valence-corrected chi connectivity index (χ2v) is 9.43. The average molecular weight is 448 g/mol. The van der Waals surface area contributed by atoms with Crippen LogP contribution in [0.25, 0.3) is 33.5 Å². The number of imidazole rings is 1. The number of hydrogen-bond acceptors (Lipinski definition) is 5. The van der Waals surface area contributed by atoms with Crippen LogP contribution in [0.2, 0.25) is 0 Å². The molecule has 32 heavy (non-hydrogen) atoms. The van der Waals surface area contributed by atoms with Gasteiger partial charge in [-0.25, -0.2) is 18.1 Å². The number of nitrogens with one attached hydrogen (secondary N) is 1. The fourth-order valence-electron chi connectivity index (χ4n) is 3.57. The number of anilines is 1. The first-order chi connectivity index (χ1) is 15.4. The molecule has 162 valence electrons. The Morgan fingerprint density at radius 2 is 1.88 bits per heavy atom. The van der Waals surface area contributed by atoms with E-state index in [1.54, 1.807) is 40.9 Å². The van der Waals surface area contributed by atoms with Gasteiger partial charge in [-0.1, -0.05) is 6.07 Å². The van der Waals surface area contributed by atoms with Crippen molar-refractivity contribution < 1.29 is 8.42 Å². The normalized spacial score (nSPS) is 11.8. The zero-order valence-corrected chi connectivity index (χ0v) is 18.4. The minimum Gasteiger partial charge on any atom is -0.299 e. The Balaban J connectivity index is 1.62. The van der Waals surface area contributed by atoms with Gasteiger partial charge in [-0.15, -0.1) is 0 Å². The second kappa shape index (κ2) is 7.65. The van der Waals surface area contributed by atoms with Crippen LogP contribution in [0, 0.1) is 0 Å². The van der Waals surface area contributed by atoms with Gasteiger partial charge in [0.05, 0.1) is 40.0 Å². The topological polar surface area (TPSA) is 99.6 Å². The molecule has 0 unspecified atom stereocenters. The van der Waals surface area contributed by atoms with Gasteiger partial charge >= 0.3 is 0 Å². The second-order valence-electron chi connectivity index (χ2n) is 7.41. The first kappa shape index (κ1) is 20.0. The molecular formula is C22H21N7O2S. The van der Waals surface area contributed by atoms with Gasteiger partial charge in [-0.3, -0.25) is 14.0 Å². The zero-order chi connectivity index (χ0) is 22.3. The quantitative estimate of drug-likeness (QED) is 0.430. The van der Waals surface area contributed by atoms with Crippen molar-refractivity contribution in [2.24, 2.45) is 7.05 Å². The van der Waals surface area contributed by atoms with E-state index in [9.17, 15) is 8.42 Å². The highest BCUT2D eigenvalue weighted by Crippen LogP contribution is 2.28. The summed E-state index contributed by atoms with van der Waals surface area (Å²) in [5, 5.41) is 8.52. The van der Waals surface area contributed by atoms with E-state index in [0.29, 0.717) is 5.69 Å². The van der Waals surface area contributed by atoms with E-state index in [0.717, 1.165) is 33.5 Å². The molecule has 10 heteroatoms. The summed E-state index contributed by atoms with van der Waals surface area (Å²) in [5.74, 6) is -0.0144. The number of aromatic nitrogens is 6. The Bertz CT molecular complexity index is 1520. The summed E-state index contributed by atoms with van der Waals surface area (Å²) in [6.45, 7) is 1.60. The largest absolute Gasteiger partial charge is 0.299 e. The van der Waals surface area contributed by atoms with E-state index in [2.05, 4.69) is 19.9 Å². The summed E-state index contributed by atoms with van der Waals surface area (Å²) in [7, 11) is -1.55.